The van der Waals surface area contributed by atoms with Gasteiger partial charge < -0.3 is 15.2 Å². The third-order valence-electron chi connectivity index (χ3n) is 2.59. The summed E-state index contributed by atoms with van der Waals surface area (Å²) in [7, 11) is 0. The van der Waals surface area contributed by atoms with E-state index in [2.05, 4.69) is 5.32 Å². The van der Waals surface area contributed by atoms with Crippen molar-refractivity contribution in [2.45, 2.75) is 38.6 Å². The number of ether oxygens (including phenoxy) is 1. The average molecular weight is 229 g/mol. The Morgan fingerprint density at radius 2 is 2.19 bits per heavy atom. The molecule has 0 bridgehead atoms. The van der Waals surface area contributed by atoms with Gasteiger partial charge in [0, 0.05) is 13.0 Å². The van der Waals surface area contributed by atoms with Crippen molar-refractivity contribution >= 4 is 11.9 Å². The fraction of sp³-hybridized carbons (Fsp3) is 0.818. The topological polar surface area (TPSA) is 75.6 Å². The van der Waals surface area contributed by atoms with Crippen molar-refractivity contribution in [1.82, 2.24) is 5.32 Å². The van der Waals surface area contributed by atoms with Crippen LogP contribution in [0.1, 0.15) is 33.1 Å². The lowest BCUT2D eigenvalue weighted by Crippen LogP contribution is -2.50. The summed E-state index contributed by atoms with van der Waals surface area (Å²) in [6, 6.07) is 0. The van der Waals surface area contributed by atoms with Gasteiger partial charge in [-0.1, -0.05) is 13.8 Å². The van der Waals surface area contributed by atoms with Crippen LogP contribution in [0, 0.1) is 5.92 Å². The minimum absolute atomic E-state index is 0.0726. The Hall–Kier alpha value is -1.10. The maximum atomic E-state index is 11.6. The summed E-state index contributed by atoms with van der Waals surface area (Å²) in [6.07, 6.45) is 0.918. The van der Waals surface area contributed by atoms with E-state index < -0.39 is 11.5 Å². The largest absolute Gasteiger partial charge is 0.481 e. The lowest BCUT2D eigenvalue weighted by molar-refractivity contribution is -0.139. The molecule has 0 saturated carbocycles. The first-order valence-electron chi connectivity index (χ1n) is 5.54. The van der Waals surface area contributed by atoms with Gasteiger partial charge in [-0.15, -0.1) is 0 Å². The molecule has 0 aromatic heterocycles. The van der Waals surface area contributed by atoms with Crippen molar-refractivity contribution in [1.29, 1.82) is 0 Å². The lowest BCUT2D eigenvalue weighted by atomic mass is 9.93. The highest BCUT2D eigenvalue weighted by Gasteiger charge is 2.38. The molecule has 1 amide bonds. The molecule has 1 aliphatic heterocycles. The predicted molar refractivity (Wildman–Crippen MR) is 58.0 cm³/mol. The highest BCUT2D eigenvalue weighted by atomic mass is 16.5. The van der Waals surface area contributed by atoms with Crippen molar-refractivity contribution in [2.24, 2.45) is 5.92 Å². The zero-order valence-corrected chi connectivity index (χ0v) is 9.78. The fourth-order valence-electron chi connectivity index (χ4n) is 1.90. The van der Waals surface area contributed by atoms with E-state index in [1.807, 2.05) is 13.8 Å². The van der Waals surface area contributed by atoms with Crippen LogP contribution in [0.15, 0.2) is 0 Å². The number of hydrogen-bond donors (Lipinski definition) is 2. The van der Waals surface area contributed by atoms with E-state index in [1.54, 1.807) is 0 Å². The number of amides is 1. The maximum absolute atomic E-state index is 11.6. The molecule has 5 nitrogen and oxygen atoms in total. The molecule has 0 aliphatic carbocycles. The van der Waals surface area contributed by atoms with Gasteiger partial charge in [0.2, 0.25) is 5.91 Å². The summed E-state index contributed by atoms with van der Waals surface area (Å²) in [5, 5.41) is 11.6. The van der Waals surface area contributed by atoms with Crippen molar-refractivity contribution < 1.29 is 19.4 Å². The summed E-state index contributed by atoms with van der Waals surface area (Å²) in [4.78, 5) is 22.4. The van der Waals surface area contributed by atoms with Crippen LogP contribution in [0.5, 0.6) is 0 Å². The Balaban J connectivity index is 2.57. The molecule has 0 spiro atoms. The van der Waals surface area contributed by atoms with Crippen LogP contribution in [-0.2, 0) is 14.3 Å². The zero-order chi connectivity index (χ0) is 12.2. The second-order valence-electron chi connectivity index (χ2n) is 4.80. The molecule has 0 aromatic carbocycles. The van der Waals surface area contributed by atoms with Gasteiger partial charge in [-0.2, -0.15) is 0 Å². The van der Waals surface area contributed by atoms with E-state index in [0.29, 0.717) is 26.1 Å². The van der Waals surface area contributed by atoms with Crippen LogP contribution >= 0.6 is 0 Å². The molecule has 92 valence electrons. The van der Waals surface area contributed by atoms with E-state index in [0.717, 1.165) is 0 Å². The minimum atomic E-state index is -0.907. The van der Waals surface area contributed by atoms with Gasteiger partial charge in [0.15, 0.2) is 0 Å². The van der Waals surface area contributed by atoms with Gasteiger partial charge >= 0.3 is 5.97 Å². The fourth-order valence-corrected chi connectivity index (χ4v) is 1.90. The molecule has 0 radical (unpaired) electrons. The Bertz CT molecular complexity index is 269. The van der Waals surface area contributed by atoms with Gasteiger partial charge in [0.25, 0.3) is 0 Å². The molecule has 0 aromatic rings. The van der Waals surface area contributed by atoms with Crippen LogP contribution in [0.4, 0.5) is 0 Å². The molecular weight excluding hydrogens is 210 g/mol. The molecule has 1 fully saturated rings. The predicted octanol–water partition coefficient (Wildman–Crippen LogP) is 0.782. The highest BCUT2D eigenvalue weighted by Crippen LogP contribution is 2.23. The standard InChI is InChI=1S/C11H19NO4/c1-8(2)5-9(13)12-11(6-10(14)15)3-4-16-7-11/h8H,3-7H2,1-2H3,(H,12,13)(H,14,15). The van der Waals surface area contributed by atoms with Crippen LogP contribution in [-0.4, -0.2) is 35.7 Å². The molecule has 1 heterocycles. The van der Waals surface area contributed by atoms with Crippen LogP contribution in [0.2, 0.25) is 0 Å². The second kappa shape index (κ2) is 5.30. The molecule has 2 N–H and O–H groups in total. The zero-order valence-electron chi connectivity index (χ0n) is 9.78. The highest BCUT2D eigenvalue weighted by molar-refractivity contribution is 5.78. The molecule has 16 heavy (non-hydrogen) atoms. The number of nitrogens with one attached hydrogen (secondary N) is 1. The van der Waals surface area contributed by atoms with Gasteiger partial charge in [-0.3, -0.25) is 9.59 Å². The third-order valence-corrected chi connectivity index (χ3v) is 2.59. The van der Waals surface area contributed by atoms with Crippen molar-refractivity contribution in [3.8, 4) is 0 Å². The molecular formula is C11H19NO4. The lowest BCUT2D eigenvalue weighted by Gasteiger charge is -2.27. The van der Waals surface area contributed by atoms with E-state index >= 15 is 0 Å². The monoisotopic (exact) mass is 229 g/mol. The van der Waals surface area contributed by atoms with E-state index in [-0.39, 0.29) is 18.2 Å². The molecule has 1 aliphatic rings. The Kier molecular flexibility index (Phi) is 4.29. The van der Waals surface area contributed by atoms with Crippen LogP contribution in [0.25, 0.3) is 0 Å². The van der Waals surface area contributed by atoms with Crippen LogP contribution in [0.3, 0.4) is 0 Å². The smallest absolute Gasteiger partial charge is 0.305 e. The molecule has 1 atom stereocenters. The van der Waals surface area contributed by atoms with E-state index in [4.69, 9.17) is 9.84 Å². The number of rotatable bonds is 5. The Morgan fingerprint density at radius 3 is 2.62 bits per heavy atom. The summed E-state index contributed by atoms with van der Waals surface area (Å²) >= 11 is 0. The molecule has 1 rings (SSSR count). The van der Waals surface area contributed by atoms with Crippen molar-refractivity contribution in [3.63, 3.8) is 0 Å². The minimum Gasteiger partial charge on any atom is -0.481 e. The van der Waals surface area contributed by atoms with E-state index in [9.17, 15) is 9.59 Å². The SMILES string of the molecule is CC(C)CC(=O)NC1(CC(=O)O)CCOC1. The number of carbonyl (C=O) groups excluding carboxylic acids is 1. The summed E-state index contributed by atoms with van der Waals surface area (Å²) in [5.74, 6) is -0.735. The summed E-state index contributed by atoms with van der Waals surface area (Å²) in [5.41, 5.74) is -0.697. The molecule has 1 unspecified atom stereocenters. The first-order chi connectivity index (χ1) is 7.43. The van der Waals surface area contributed by atoms with Gasteiger partial charge in [0.1, 0.15) is 0 Å². The first kappa shape index (κ1) is 13.0. The molecule has 1 saturated heterocycles. The van der Waals surface area contributed by atoms with Gasteiger partial charge in [0.05, 0.1) is 18.6 Å². The maximum Gasteiger partial charge on any atom is 0.305 e. The van der Waals surface area contributed by atoms with Gasteiger partial charge in [-0.25, -0.2) is 0 Å². The van der Waals surface area contributed by atoms with E-state index in [1.165, 1.54) is 0 Å². The number of aliphatic carboxylic acids is 1. The van der Waals surface area contributed by atoms with Crippen molar-refractivity contribution in [3.05, 3.63) is 0 Å². The number of carbonyl (C=O) groups is 2. The Morgan fingerprint density at radius 1 is 1.50 bits per heavy atom. The number of hydrogen-bond acceptors (Lipinski definition) is 3. The van der Waals surface area contributed by atoms with Crippen LogP contribution < -0.4 is 5.32 Å². The summed E-state index contributed by atoms with van der Waals surface area (Å²) in [6.45, 7) is 4.71. The normalized spacial score (nSPS) is 24.7. The van der Waals surface area contributed by atoms with Gasteiger partial charge in [-0.05, 0) is 12.3 Å². The number of carboxylic acid groups (broad SMARTS) is 1. The average Bonchev–Trinajstić information content (AvgIpc) is 2.49. The Labute approximate surface area is 95.2 Å². The number of carboxylic acids is 1. The first-order valence-corrected chi connectivity index (χ1v) is 5.54. The summed E-state index contributed by atoms with van der Waals surface area (Å²) < 4.78 is 5.19. The molecule has 5 heteroatoms. The third kappa shape index (κ3) is 3.81. The van der Waals surface area contributed by atoms with Crippen molar-refractivity contribution in [2.75, 3.05) is 13.2 Å². The second-order valence-corrected chi connectivity index (χ2v) is 4.80. The quantitative estimate of drug-likeness (QED) is 0.730.